The number of hydrogen-bond donors (Lipinski definition) is 1. The number of nitrogens with zero attached hydrogens (tertiary/aromatic N) is 2. The van der Waals surface area contributed by atoms with Gasteiger partial charge in [0.2, 0.25) is 0 Å². The van der Waals surface area contributed by atoms with E-state index in [1.165, 1.54) is 0 Å². The van der Waals surface area contributed by atoms with E-state index in [2.05, 4.69) is 15.5 Å². The smallest absolute Gasteiger partial charge is 0.322 e. The van der Waals surface area contributed by atoms with E-state index in [0.717, 1.165) is 5.39 Å². The number of carbonyl (C=O) groups excluding carboxylic acids is 1. The molecule has 0 aliphatic rings. The Hall–Kier alpha value is -3.81. The van der Waals surface area contributed by atoms with Crippen molar-refractivity contribution >= 4 is 22.9 Å². The van der Waals surface area contributed by atoms with Crippen LogP contribution in [0.5, 0.6) is 11.5 Å². The van der Waals surface area contributed by atoms with Crippen LogP contribution in [0.4, 0.5) is 6.01 Å². The summed E-state index contributed by atoms with van der Waals surface area (Å²) in [6.45, 7) is 4.88. The average Bonchev–Trinajstić information content (AvgIpc) is 3.36. The summed E-state index contributed by atoms with van der Waals surface area (Å²) >= 11 is 0. The van der Waals surface area contributed by atoms with Crippen LogP contribution in [0.3, 0.4) is 0 Å². The molecule has 0 unspecified atom stereocenters. The molecular weight excluding hydrogens is 374 g/mol. The van der Waals surface area contributed by atoms with Crippen molar-refractivity contribution in [3.63, 3.8) is 0 Å². The van der Waals surface area contributed by atoms with Gasteiger partial charge in [-0.1, -0.05) is 17.2 Å². The molecule has 0 saturated carbocycles. The number of ether oxygens (including phenoxy) is 2. The Balaban J connectivity index is 1.51. The van der Waals surface area contributed by atoms with Gasteiger partial charge in [-0.2, -0.15) is 0 Å². The zero-order valence-corrected chi connectivity index (χ0v) is 16.0. The third kappa shape index (κ3) is 3.91. The molecule has 8 heteroatoms. The summed E-state index contributed by atoms with van der Waals surface area (Å²) in [4.78, 5) is 12.4. The van der Waals surface area contributed by atoms with E-state index in [9.17, 15) is 4.79 Å². The van der Waals surface area contributed by atoms with Gasteiger partial charge in [0.1, 0.15) is 5.75 Å². The second kappa shape index (κ2) is 8.05. The fourth-order valence-corrected chi connectivity index (χ4v) is 2.82. The number of fused-ring (bicyclic) bond motifs is 1. The molecule has 1 amide bonds. The molecule has 2 heterocycles. The van der Waals surface area contributed by atoms with E-state index in [4.69, 9.17) is 18.3 Å². The highest BCUT2D eigenvalue weighted by molar-refractivity contribution is 6.03. The number of aromatic nitrogens is 2. The van der Waals surface area contributed by atoms with Crippen molar-refractivity contribution in [2.75, 3.05) is 18.5 Å². The number of nitrogens with one attached hydrogen (secondary N) is 1. The summed E-state index contributed by atoms with van der Waals surface area (Å²) in [6, 6.07) is 14.1. The number of benzene rings is 2. The van der Waals surface area contributed by atoms with E-state index < -0.39 is 0 Å². The Kier molecular flexibility index (Phi) is 5.15. The zero-order valence-electron chi connectivity index (χ0n) is 16.0. The molecule has 0 bridgehead atoms. The second-order valence-electron chi connectivity index (χ2n) is 6.04. The van der Waals surface area contributed by atoms with Crippen LogP contribution < -0.4 is 14.8 Å². The zero-order chi connectivity index (χ0) is 20.2. The third-order valence-corrected chi connectivity index (χ3v) is 4.09. The molecule has 2 aromatic heterocycles. The largest absolute Gasteiger partial charge is 0.494 e. The number of furan rings is 1. The normalized spacial score (nSPS) is 10.8. The molecule has 2 aromatic carbocycles. The summed E-state index contributed by atoms with van der Waals surface area (Å²) in [5.41, 5.74) is 1.04. The third-order valence-electron chi connectivity index (χ3n) is 4.09. The summed E-state index contributed by atoms with van der Waals surface area (Å²) < 4.78 is 22.3. The molecule has 8 nitrogen and oxygen atoms in total. The molecule has 0 aliphatic heterocycles. The second-order valence-corrected chi connectivity index (χ2v) is 6.04. The number of para-hydroxylation sites is 1. The molecule has 0 aliphatic carbocycles. The van der Waals surface area contributed by atoms with Gasteiger partial charge in [0, 0.05) is 10.9 Å². The first-order valence-corrected chi connectivity index (χ1v) is 9.21. The number of amides is 1. The van der Waals surface area contributed by atoms with Crippen molar-refractivity contribution in [1.29, 1.82) is 0 Å². The van der Waals surface area contributed by atoms with E-state index in [0.29, 0.717) is 41.6 Å². The lowest BCUT2D eigenvalue weighted by Crippen LogP contribution is -2.12. The van der Waals surface area contributed by atoms with Gasteiger partial charge in [0.15, 0.2) is 17.1 Å². The van der Waals surface area contributed by atoms with Gasteiger partial charge < -0.3 is 18.3 Å². The van der Waals surface area contributed by atoms with Crippen LogP contribution in [0, 0.1) is 0 Å². The minimum atomic E-state index is -0.369. The Bertz CT molecular complexity index is 1130. The van der Waals surface area contributed by atoms with Gasteiger partial charge in [0.25, 0.3) is 11.8 Å². The fraction of sp³-hybridized carbons (Fsp3) is 0.190. The Labute approximate surface area is 166 Å². The minimum Gasteiger partial charge on any atom is -0.494 e. The first-order valence-electron chi connectivity index (χ1n) is 9.21. The van der Waals surface area contributed by atoms with Crippen LogP contribution in [-0.4, -0.2) is 29.3 Å². The van der Waals surface area contributed by atoms with Crippen LogP contribution in [-0.2, 0) is 0 Å². The van der Waals surface area contributed by atoms with Crippen LogP contribution in [0.25, 0.3) is 22.6 Å². The van der Waals surface area contributed by atoms with Crippen molar-refractivity contribution < 1.29 is 23.1 Å². The Morgan fingerprint density at radius 3 is 2.55 bits per heavy atom. The summed E-state index contributed by atoms with van der Waals surface area (Å²) in [6.07, 6.45) is 0. The van der Waals surface area contributed by atoms with Crippen molar-refractivity contribution in [1.82, 2.24) is 10.2 Å². The maximum absolute atomic E-state index is 12.4. The van der Waals surface area contributed by atoms with Crippen molar-refractivity contribution in [2.24, 2.45) is 0 Å². The lowest BCUT2D eigenvalue weighted by Gasteiger charge is -2.04. The molecule has 29 heavy (non-hydrogen) atoms. The van der Waals surface area contributed by atoms with Crippen LogP contribution in [0.15, 0.2) is 57.4 Å². The minimum absolute atomic E-state index is 0.0237. The van der Waals surface area contributed by atoms with E-state index in [1.807, 2.05) is 32.0 Å². The Morgan fingerprint density at radius 1 is 1.00 bits per heavy atom. The maximum atomic E-state index is 12.4. The quantitative estimate of drug-likeness (QED) is 0.492. The average molecular weight is 393 g/mol. The van der Waals surface area contributed by atoms with Crippen LogP contribution in [0.1, 0.15) is 24.2 Å². The first-order chi connectivity index (χ1) is 14.2. The lowest BCUT2D eigenvalue weighted by atomic mass is 10.2. The Morgan fingerprint density at radius 2 is 1.79 bits per heavy atom. The lowest BCUT2D eigenvalue weighted by molar-refractivity contribution is 0.102. The van der Waals surface area contributed by atoms with Crippen molar-refractivity contribution in [2.45, 2.75) is 13.8 Å². The van der Waals surface area contributed by atoms with Crippen LogP contribution >= 0.6 is 0 Å². The van der Waals surface area contributed by atoms with Gasteiger partial charge in [-0.05, 0) is 50.2 Å². The molecule has 0 atom stereocenters. The number of hydrogen-bond acceptors (Lipinski definition) is 7. The number of carbonyl (C=O) groups is 1. The predicted octanol–water partition coefficient (Wildman–Crippen LogP) is 4.53. The predicted molar refractivity (Wildman–Crippen MR) is 106 cm³/mol. The van der Waals surface area contributed by atoms with Gasteiger partial charge >= 0.3 is 6.01 Å². The summed E-state index contributed by atoms with van der Waals surface area (Å²) in [5, 5.41) is 11.3. The molecule has 4 rings (SSSR count). The van der Waals surface area contributed by atoms with Crippen LogP contribution in [0.2, 0.25) is 0 Å². The number of anilines is 1. The molecule has 148 valence electrons. The van der Waals surface area contributed by atoms with E-state index in [1.54, 1.807) is 30.3 Å². The standard InChI is InChI=1S/C21H19N3O5/c1-3-26-15-10-8-13(9-11-15)19(25)22-21-24-23-20(29-21)17-12-14-6-5-7-16(27-4-2)18(14)28-17/h5-12H,3-4H2,1-2H3,(H,22,24,25). The SMILES string of the molecule is CCOc1ccc(C(=O)Nc2nnc(-c3cc4cccc(OCC)c4o3)o2)cc1. The summed E-state index contributed by atoms with van der Waals surface area (Å²) in [7, 11) is 0. The highest BCUT2D eigenvalue weighted by atomic mass is 16.5. The van der Waals surface area contributed by atoms with Gasteiger partial charge in [-0.25, -0.2) is 0 Å². The maximum Gasteiger partial charge on any atom is 0.322 e. The topological polar surface area (TPSA) is 99.6 Å². The van der Waals surface area contributed by atoms with Crippen molar-refractivity contribution in [3.05, 3.63) is 54.1 Å². The van der Waals surface area contributed by atoms with Crippen molar-refractivity contribution in [3.8, 4) is 23.1 Å². The van der Waals surface area contributed by atoms with E-state index >= 15 is 0 Å². The monoisotopic (exact) mass is 393 g/mol. The molecule has 0 fully saturated rings. The number of rotatable bonds is 7. The molecule has 1 N–H and O–H groups in total. The molecule has 4 aromatic rings. The molecule has 0 spiro atoms. The van der Waals surface area contributed by atoms with Gasteiger partial charge in [0.05, 0.1) is 13.2 Å². The highest BCUT2D eigenvalue weighted by Gasteiger charge is 2.17. The van der Waals surface area contributed by atoms with E-state index in [-0.39, 0.29) is 17.8 Å². The molecule has 0 radical (unpaired) electrons. The highest BCUT2D eigenvalue weighted by Crippen LogP contribution is 2.33. The summed E-state index contributed by atoms with van der Waals surface area (Å²) in [5.74, 6) is 1.51. The fourth-order valence-electron chi connectivity index (χ4n) is 2.82. The first kappa shape index (κ1) is 18.5. The van der Waals surface area contributed by atoms with Gasteiger partial charge in [-0.3, -0.25) is 10.1 Å². The molecule has 0 saturated heterocycles. The molecular formula is C21H19N3O5. The van der Waals surface area contributed by atoms with Gasteiger partial charge in [-0.15, -0.1) is 5.10 Å².